The zero-order valence-corrected chi connectivity index (χ0v) is 22.3. The van der Waals surface area contributed by atoms with Gasteiger partial charge in [0.15, 0.2) is 0 Å². The van der Waals surface area contributed by atoms with E-state index in [0.717, 1.165) is 59.8 Å². The first-order chi connectivity index (χ1) is 17.6. The maximum atomic E-state index is 5.13. The van der Waals surface area contributed by atoms with Crippen LogP contribution in [-0.2, 0) is 13.1 Å². The first-order valence-electron chi connectivity index (χ1n) is 12.6. The molecule has 2 aliphatic rings. The molecule has 0 amide bonds. The number of hydrogen-bond acceptors (Lipinski definition) is 5. The van der Waals surface area contributed by atoms with E-state index in [1.54, 1.807) is 6.20 Å². The highest BCUT2D eigenvalue weighted by Gasteiger charge is 2.24. The summed E-state index contributed by atoms with van der Waals surface area (Å²) in [7, 11) is 0. The first-order valence-corrected chi connectivity index (χ1v) is 13.4. The van der Waals surface area contributed by atoms with Crippen molar-refractivity contribution in [2.45, 2.75) is 32.9 Å². The van der Waals surface area contributed by atoms with Crippen LogP contribution in [0, 0.1) is 5.92 Å². The lowest BCUT2D eigenvalue weighted by Gasteiger charge is -2.33. The van der Waals surface area contributed by atoms with E-state index in [0.29, 0.717) is 12.5 Å². The largest absolute Gasteiger partial charge is 0.384 e. The number of fused-ring (bicyclic) bond motifs is 1. The van der Waals surface area contributed by atoms with Gasteiger partial charge in [-0.15, -0.1) is 0 Å². The van der Waals surface area contributed by atoms with E-state index in [1.807, 2.05) is 18.5 Å². The van der Waals surface area contributed by atoms with Crippen LogP contribution >= 0.6 is 15.9 Å². The van der Waals surface area contributed by atoms with Gasteiger partial charge in [-0.2, -0.15) is 0 Å². The molecule has 5 rings (SSSR count). The number of aliphatic imine (C=N–C) groups is 2. The second-order valence-corrected chi connectivity index (χ2v) is 10.5. The highest BCUT2D eigenvalue weighted by atomic mass is 79.9. The number of piperidine rings is 1. The summed E-state index contributed by atoms with van der Waals surface area (Å²) in [5.41, 5.74) is 5.78. The number of aromatic nitrogens is 1. The summed E-state index contributed by atoms with van der Waals surface area (Å²) in [5.74, 6) is 0.378. The number of rotatable bonds is 8. The van der Waals surface area contributed by atoms with E-state index in [2.05, 4.69) is 97.7 Å². The fourth-order valence-electron chi connectivity index (χ4n) is 4.90. The lowest BCUT2D eigenvalue weighted by molar-refractivity contribution is 0.197. The van der Waals surface area contributed by atoms with Gasteiger partial charge in [-0.05, 0) is 82.3 Å². The zero-order chi connectivity index (χ0) is 24.7. The molecule has 0 radical (unpaired) electrons. The molecule has 1 atom stereocenters. The second kappa shape index (κ2) is 11.8. The van der Waals surface area contributed by atoms with Crippen molar-refractivity contribution in [2.24, 2.45) is 15.9 Å². The monoisotopic (exact) mass is 541 g/mol. The number of likely N-dealkylation sites (tertiary alicyclic amines) is 1. The molecule has 1 N–H and O–H groups in total. The van der Waals surface area contributed by atoms with Gasteiger partial charge < -0.3 is 5.32 Å². The smallest absolute Gasteiger partial charge is 0.0824 e. The molecule has 1 saturated heterocycles. The molecule has 3 heterocycles. The van der Waals surface area contributed by atoms with Gasteiger partial charge in [-0.25, -0.2) is 0 Å². The van der Waals surface area contributed by atoms with E-state index < -0.39 is 0 Å². The van der Waals surface area contributed by atoms with Crippen LogP contribution in [0.5, 0.6) is 0 Å². The molecule has 3 aromatic rings. The van der Waals surface area contributed by atoms with Gasteiger partial charge >= 0.3 is 0 Å². The Labute approximate surface area is 221 Å². The van der Waals surface area contributed by atoms with Gasteiger partial charge in [0.1, 0.15) is 0 Å². The number of hydrogen-bond donors (Lipinski definition) is 1. The predicted molar refractivity (Wildman–Crippen MR) is 154 cm³/mol. The number of halogens is 1. The Morgan fingerprint density at radius 2 is 2.03 bits per heavy atom. The Bertz CT molecular complexity index is 1330. The van der Waals surface area contributed by atoms with Crippen molar-refractivity contribution in [1.82, 2.24) is 15.2 Å². The minimum atomic E-state index is 0.378. The fraction of sp³-hybridized carbons (Fsp3) is 0.300. The number of pyridine rings is 1. The van der Waals surface area contributed by atoms with E-state index in [4.69, 9.17) is 4.99 Å². The average molecular weight is 543 g/mol. The standard InChI is InChI=1S/C30H32BrN5/c1-22(34-17-24-6-4-12-32-16-24)14-29(35-30-19-33-18-28(30)31)27-9-5-13-36(21-27)20-23-10-11-25-7-2-3-8-26(25)15-23/h2-4,6-8,10-12,14-16,18,27,34H,5,9,13,17,19-21H2,1H3/b22-14+,35-29?. The van der Waals surface area contributed by atoms with Crippen LogP contribution in [0.25, 0.3) is 10.8 Å². The molecule has 1 fully saturated rings. The molecule has 5 nitrogen and oxygen atoms in total. The van der Waals surface area contributed by atoms with E-state index in [1.165, 1.54) is 22.8 Å². The van der Waals surface area contributed by atoms with Gasteiger partial charge in [0.05, 0.1) is 16.7 Å². The van der Waals surface area contributed by atoms with E-state index in [-0.39, 0.29) is 0 Å². The minimum absolute atomic E-state index is 0.378. The molecule has 2 aromatic carbocycles. The van der Waals surface area contributed by atoms with Crippen molar-refractivity contribution >= 4 is 38.6 Å². The number of nitrogens with zero attached hydrogens (tertiary/aromatic N) is 4. The maximum Gasteiger partial charge on any atom is 0.0824 e. The number of nitrogens with one attached hydrogen (secondary N) is 1. The molecule has 2 aliphatic heterocycles. The van der Waals surface area contributed by atoms with Crippen molar-refractivity contribution in [3.8, 4) is 0 Å². The molecule has 184 valence electrons. The summed E-state index contributed by atoms with van der Waals surface area (Å²) < 4.78 is 0.984. The summed E-state index contributed by atoms with van der Waals surface area (Å²) in [5, 5.41) is 6.14. The summed E-state index contributed by atoms with van der Waals surface area (Å²) in [4.78, 5) is 16.3. The summed E-state index contributed by atoms with van der Waals surface area (Å²) in [6.45, 7) is 6.59. The van der Waals surface area contributed by atoms with Crippen molar-refractivity contribution in [3.05, 3.63) is 100 Å². The number of allylic oxidation sites excluding steroid dienone is 3. The normalized spacial score (nSPS) is 19.3. The topological polar surface area (TPSA) is 52.9 Å². The van der Waals surface area contributed by atoms with Gasteiger partial charge in [-0.3, -0.25) is 19.9 Å². The van der Waals surface area contributed by atoms with Crippen molar-refractivity contribution in [2.75, 3.05) is 19.6 Å². The van der Waals surface area contributed by atoms with Gasteiger partial charge in [0.25, 0.3) is 0 Å². The Balaban J connectivity index is 1.32. The van der Waals surface area contributed by atoms with Crippen LogP contribution in [0.1, 0.15) is 30.9 Å². The predicted octanol–water partition coefficient (Wildman–Crippen LogP) is 6.27. The van der Waals surface area contributed by atoms with Crippen LogP contribution in [0.2, 0.25) is 0 Å². The summed E-state index contributed by atoms with van der Waals surface area (Å²) in [6.07, 6.45) is 10.1. The molecular formula is C30H32BrN5. The fourth-order valence-corrected chi connectivity index (χ4v) is 5.26. The zero-order valence-electron chi connectivity index (χ0n) is 20.7. The Morgan fingerprint density at radius 1 is 1.14 bits per heavy atom. The third-order valence-corrected chi connectivity index (χ3v) is 7.45. The minimum Gasteiger partial charge on any atom is -0.384 e. The summed E-state index contributed by atoms with van der Waals surface area (Å²) >= 11 is 3.63. The Hall–Kier alpha value is -3.09. The van der Waals surface area contributed by atoms with E-state index in [9.17, 15) is 0 Å². The molecule has 0 aliphatic carbocycles. The molecule has 1 aromatic heterocycles. The Morgan fingerprint density at radius 3 is 2.83 bits per heavy atom. The van der Waals surface area contributed by atoms with Crippen LogP contribution in [0.3, 0.4) is 0 Å². The second-order valence-electron chi connectivity index (χ2n) is 9.60. The third-order valence-electron chi connectivity index (χ3n) is 6.79. The molecule has 1 unspecified atom stereocenters. The van der Waals surface area contributed by atoms with Gasteiger partial charge in [-0.1, -0.05) is 42.5 Å². The Kier molecular flexibility index (Phi) is 8.04. The lowest BCUT2D eigenvalue weighted by Crippen LogP contribution is -2.38. The van der Waals surface area contributed by atoms with Crippen LogP contribution in [0.4, 0.5) is 0 Å². The highest BCUT2D eigenvalue weighted by Crippen LogP contribution is 2.25. The van der Waals surface area contributed by atoms with E-state index >= 15 is 0 Å². The average Bonchev–Trinajstić information content (AvgIpc) is 3.32. The quantitative estimate of drug-likeness (QED) is 0.342. The molecular weight excluding hydrogens is 510 g/mol. The third kappa shape index (κ3) is 6.37. The van der Waals surface area contributed by atoms with Crippen LogP contribution in [0.15, 0.2) is 98.9 Å². The van der Waals surface area contributed by atoms with Crippen molar-refractivity contribution in [1.29, 1.82) is 0 Å². The van der Waals surface area contributed by atoms with Crippen LogP contribution in [-0.4, -0.2) is 41.4 Å². The van der Waals surface area contributed by atoms with Crippen molar-refractivity contribution < 1.29 is 0 Å². The lowest BCUT2D eigenvalue weighted by atomic mass is 9.91. The number of benzene rings is 2. The van der Waals surface area contributed by atoms with Crippen LogP contribution < -0.4 is 5.32 Å². The highest BCUT2D eigenvalue weighted by molar-refractivity contribution is 9.12. The SMILES string of the molecule is C/C(=C\C(=NC1=C(Br)C=NC1)C1CCCN(Cc2ccc3ccccc3c2)C1)NCc1cccnc1. The molecule has 0 bridgehead atoms. The maximum absolute atomic E-state index is 5.13. The van der Waals surface area contributed by atoms with Gasteiger partial charge in [0, 0.05) is 55.6 Å². The van der Waals surface area contributed by atoms with Gasteiger partial charge in [0.2, 0.25) is 0 Å². The molecule has 36 heavy (non-hydrogen) atoms. The summed E-state index contributed by atoms with van der Waals surface area (Å²) in [6, 6.07) is 19.5. The molecule has 6 heteroatoms. The first kappa shape index (κ1) is 24.6. The molecule has 0 saturated carbocycles. The van der Waals surface area contributed by atoms with Crippen molar-refractivity contribution in [3.63, 3.8) is 0 Å². The molecule has 0 spiro atoms.